The molecule has 0 saturated carbocycles. The molecule has 0 spiro atoms. The summed E-state index contributed by atoms with van der Waals surface area (Å²) in [5.41, 5.74) is 2.09. The molecule has 90 valence electrons. The Bertz CT molecular complexity index is 495. The Kier molecular flexibility index (Phi) is 4.42. The molecule has 0 amide bonds. The lowest BCUT2D eigenvalue weighted by molar-refractivity contribution is 0.151. The summed E-state index contributed by atoms with van der Waals surface area (Å²) < 4.78 is 2.01. The first-order valence-corrected chi connectivity index (χ1v) is 7.67. The van der Waals surface area contributed by atoms with Gasteiger partial charge in [-0.3, -0.25) is 0 Å². The molecule has 2 rings (SSSR count). The largest absolute Gasteiger partial charge is 0.388 e. The van der Waals surface area contributed by atoms with Crippen LogP contribution >= 0.6 is 43.2 Å². The third-order valence-electron chi connectivity index (χ3n) is 2.80. The lowest BCUT2D eigenvalue weighted by atomic mass is 9.92. The van der Waals surface area contributed by atoms with Crippen molar-refractivity contribution in [1.82, 2.24) is 0 Å². The van der Waals surface area contributed by atoms with E-state index >= 15 is 0 Å². The van der Waals surface area contributed by atoms with E-state index < -0.39 is 6.10 Å². The highest BCUT2D eigenvalue weighted by molar-refractivity contribution is 9.12. The molecule has 0 saturated heterocycles. The van der Waals surface area contributed by atoms with E-state index in [1.54, 1.807) is 11.3 Å². The highest BCUT2D eigenvalue weighted by Gasteiger charge is 2.21. The summed E-state index contributed by atoms with van der Waals surface area (Å²) in [6.45, 7) is 2.04. The maximum absolute atomic E-state index is 10.4. The second-order valence-corrected chi connectivity index (χ2v) is 7.67. The van der Waals surface area contributed by atoms with Crippen molar-refractivity contribution in [1.29, 1.82) is 0 Å². The first kappa shape index (κ1) is 13.3. The van der Waals surface area contributed by atoms with Gasteiger partial charge in [0.15, 0.2) is 0 Å². The smallest absolute Gasteiger partial charge is 0.0875 e. The number of halogens is 2. The number of rotatable bonds is 3. The van der Waals surface area contributed by atoms with Crippen molar-refractivity contribution in [3.05, 3.63) is 55.1 Å². The van der Waals surface area contributed by atoms with Crippen LogP contribution < -0.4 is 0 Å². The minimum Gasteiger partial charge on any atom is -0.388 e. The normalized spacial score (nSPS) is 14.6. The molecule has 0 radical (unpaired) electrons. The average Bonchev–Trinajstić information content (AvgIpc) is 2.68. The van der Waals surface area contributed by atoms with E-state index in [0.29, 0.717) is 0 Å². The van der Waals surface area contributed by atoms with Gasteiger partial charge < -0.3 is 5.11 Å². The molecular formula is C13H12Br2OS. The van der Waals surface area contributed by atoms with E-state index in [2.05, 4.69) is 31.9 Å². The summed E-state index contributed by atoms with van der Waals surface area (Å²) in [6.07, 6.45) is -0.491. The van der Waals surface area contributed by atoms with Gasteiger partial charge in [-0.2, -0.15) is 0 Å². The van der Waals surface area contributed by atoms with Gasteiger partial charge in [-0.15, -0.1) is 11.3 Å². The quantitative estimate of drug-likeness (QED) is 0.790. The number of aliphatic hydroxyl groups excluding tert-OH is 1. The van der Waals surface area contributed by atoms with Gasteiger partial charge in [-0.05, 0) is 43.5 Å². The minimum absolute atomic E-state index is 0.0778. The first-order valence-electron chi connectivity index (χ1n) is 5.27. The molecule has 2 atom stereocenters. The van der Waals surface area contributed by atoms with Gasteiger partial charge in [0.2, 0.25) is 0 Å². The van der Waals surface area contributed by atoms with Crippen LogP contribution in [0.3, 0.4) is 0 Å². The molecule has 2 unspecified atom stereocenters. The Hall–Kier alpha value is -0.160. The fourth-order valence-corrected chi connectivity index (χ4v) is 4.67. The van der Waals surface area contributed by atoms with Crippen LogP contribution in [0.4, 0.5) is 0 Å². The second kappa shape index (κ2) is 5.65. The summed E-state index contributed by atoms with van der Waals surface area (Å²) >= 11 is 8.50. The lowest BCUT2D eigenvalue weighted by Crippen LogP contribution is -2.07. The molecule has 0 aliphatic heterocycles. The number of aliphatic hydroxyl groups is 1. The van der Waals surface area contributed by atoms with Crippen LogP contribution in [0, 0.1) is 0 Å². The monoisotopic (exact) mass is 374 g/mol. The van der Waals surface area contributed by atoms with Gasteiger partial charge in [0.05, 0.1) is 13.7 Å². The fraction of sp³-hybridized carbons (Fsp3) is 0.231. The molecule has 1 nitrogen and oxygen atoms in total. The molecule has 1 aromatic heterocycles. The molecule has 1 heterocycles. The van der Waals surface area contributed by atoms with Crippen molar-refractivity contribution in [2.24, 2.45) is 0 Å². The second-order valence-electron chi connectivity index (χ2n) is 3.92. The van der Waals surface area contributed by atoms with Crippen LogP contribution in [0.1, 0.15) is 30.1 Å². The number of thiophene rings is 1. The molecule has 2 aromatic rings. The van der Waals surface area contributed by atoms with Gasteiger partial charge in [-0.25, -0.2) is 0 Å². The third-order valence-corrected chi connectivity index (χ3v) is 5.19. The van der Waals surface area contributed by atoms with Gasteiger partial charge in [0.1, 0.15) is 0 Å². The van der Waals surface area contributed by atoms with Crippen molar-refractivity contribution in [2.45, 2.75) is 18.9 Å². The zero-order chi connectivity index (χ0) is 12.4. The van der Waals surface area contributed by atoms with Gasteiger partial charge in [0.25, 0.3) is 0 Å². The topological polar surface area (TPSA) is 20.2 Å². The Morgan fingerprint density at radius 3 is 2.35 bits per heavy atom. The SMILES string of the molecule is CC(c1ccccc1)C(O)c1cc(Br)sc1Br. The van der Waals surface area contributed by atoms with E-state index in [1.165, 1.54) is 0 Å². The minimum atomic E-state index is -0.491. The van der Waals surface area contributed by atoms with Crippen molar-refractivity contribution in [3.63, 3.8) is 0 Å². The van der Waals surface area contributed by atoms with Crippen molar-refractivity contribution < 1.29 is 5.11 Å². The van der Waals surface area contributed by atoms with E-state index in [9.17, 15) is 5.11 Å². The van der Waals surface area contributed by atoms with Crippen molar-refractivity contribution >= 4 is 43.2 Å². The Morgan fingerprint density at radius 2 is 1.82 bits per heavy atom. The molecule has 4 heteroatoms. The molecule has 1 aromatic carbocycles. The Labute approximate surface area is 122 Å². The van der Waals surface area contributed by atoms with E-state index in [1.807, 2.05) is 43.3 Å². The zero-order valence-corrected chi connectivity index (χ0v) is 13.2. The standard InChI is InChI=1S/C13H12Br2OS/c1-8(9-5-3-2-4-6-9)12(16)10-7-11(14)17-13(10)15/h2-8,12,16H,1H3. The predicted octanol–water partition coefficient (Wildman–Crippen LogP) is 5.11. The average molecular weight is 376 g/mol. The number of hydrogen-bond acceptors (Lipinski definition) is 2. The summed E-state index contributed by atoms with van der Waals surface area (Å²) in [7, 11) is 0. The maximum atomic E-state index is 10.4. The third kappa shape index (κ3) is 2.99. The first-order chi connectivity index (χ1) is 8.09. The van der Waals surface area contributed by atoms with Crippen molar-refractivity contribution in [2.75, 3.05) is 0 Å². The molecule has 0 fully saturated rings. The molecule has 1 N–H and O–H groups in total. The summed E-state index contributed by atoms with van der Waals surface area (Å²) in [5.74, 6) is 0.0778. The van der Waals surface area contributed by atoms with Crippen LogP contribution in [-0.2, 0) is 0 Å². The Balaban J connectivity index is 2.26. The zero-order valence-electron chi connectivity index (χ0n) is 9.23. The van der Waals surface area contributed by atoms with Crippen LogP contribution in [0.25, 0.3) is 0 Å². The van der Waals surface area contributed by atoms with E-state index in [-0.39, 0.29) is 5.92 Å². The molecule has 0 aliphatic carbocycles. The molecule has 0 bridgehead atoms. The van der Waals surface area contributed by atoms with Crippen molar-refractivity contribution in [3.8, 4) is 0 Å². The highest BCUT2D eigenvalue weighted by atomic mass is 79.9. The summed E-state index contributed by atoms with van der Waals surface area (Å²) in [6, 6.07) is 12.0. The summed E-state index contributed by atoms with van der Waals surface area (Å²) in [4.78, 5) is 0. The fourth-order valence-electron chi connectivity index (χ4n) is 1.76. The van der Waals surface area contributed by atoms with Gasteiger partial charge in [-0.1, -0.05) is 37.3 Å². The van der Waals surface area contributed by atoms with Crippen LogP contribution in [0.15, 0.2) is 44.0 Å². The molecule has 17 heavy (non-hydrogen) atoms. The Morgan fingerprint density at radius 1 is 1.18 bits per heavy atom. The highest BCUT2D eigenvalue weighted by Crippen LogP contribution is 2.40. The summed E-state index contributed by atoms with van der Waals surface area (Å²) in [5, 5.41) is 10.4. The van der Waals surface area contributed by atoms with E-state index in [0.717, 1.165) is 18.7 Å². The number of hydrogen-bond donors (Lipinski definition) is 1. The maximum Gasteiger partial charge on any atom is 0.0875 e. The van der Waals surface area contributed by atoms with Gasteiger partial charge >= 0.3 is 0 Å². The van der Waals surface area contributed by atoms with Gasteiger partial charge in [0, 0.05) is 11.5 Å². The predicted molar refractivity (Wildman–Crippen MR) is 79.5 cm³/mol. The van der Waals surface area contributed by atoms with Crippen LogP contribution in [0.2, 0.25) is 0 Å². The number of benzene rings is 1. The van der Waals surface area contributed by atoms with Crippen LogP contribution in [-0.4, -0.2) is 5.11 Å². The lowest BCUT2D eigenvalue weighted by Gasteiger charge is -2.18. The molecule has 0 aliphatic rings. The van der Waals surface area contributed by atoms with Crippen LogP contribution in [0.5, 0.6) is 0 Å². The van der Waals surface area contributed by atoms with E-state index in [4.69, 9.17) is 0 Å². The molecular weight excluding hydrogens is 364 g/mol.